The number of pyridine rings is 1. The molecule has 0 saturated carbocycles. The van der Waals surface area contributed by atoms with E-state index in [4.69, 9.17) is 9.47 Å². The van der Waals surface area contributed by atoms with Crippen LogP contribution in [0, 0.1) is 0 Å². The van der Waals surface area contributed by atoms with Crippen LogP contribution in [0.2, 0.25) is 0 Å². The zero-order chi connectivity index (χ0) is 15.1. The maximum atomic E-state index is 12.1. The van der Waals surface area contributed by atoms with Crippen molar-refractivity contribution in [2.24, 2.45) is 0 Å². The maximum absolute atomic E-state index is 12.1. The Bertz CT molecular complexity index is 444. The van der Waals surface area contributed by atoms with Crippen molar-refractivity contribution in [1.82, 2.24) is 15.2 Å². The molecule has 0 unspecified atom stereocenters. The Balaban J connectivity index is 1.82. The van der Waals surface area contributed by atoms with Gasteiger partial charge in [0.15, 0.2) is 0 Å². The first kappa shape index (κ1) is 15.7. The van der Waals surface area contributed by atoms with E-state index in [0.29, 0.717) is 18.1 Å². The van der Waals surface area contributed by atoms with Crippen molar-refractivity contribution >= 4 is 5.91 Å². The molecule has 2 rings (SSSR count). The molecule has 0 aromatic carbocycles. The third-order valence-corrected chi connectivity index (χ3v) is 3.30. The van der Waals surface area contributed by atoms with Crippen molar-refractivity contribution in [3.05, 3.63) is 23.9 Å². The molecule has 0 aliphatic carbocycles. The first-order valence-electron chi connectivity index (χ1n) is 7.39. The van der Waals surface area contributed by atoms with Gasteiger partial charge >= 0.3 is 0 Å². The van der Waals surface area contributed by atoms with Crippen LogP contribution in [0.25, 0.3) is 0 Å². The number of rotatable bonds is 6. The van der Waals surface area contributed by atoms with Gasteiger partial charge in [-0.2, -0.15) is 0 Å². The Kier molecular flexibility index (Phi) is 5.95. The second kappa shape index (κ2) is 7.95. The van der Waals surface area contributed by atoms with Crippen molar-refractivity contribution in [1.29, 1.82) is 0 Å². The molecule has 1 fully saturated rings. The molecule has 1 aliphatic rings. The SMILES string of the molecule is CCOc1ccc(C(=O)N[C@H](C)CN2CCOCC2)cn1. The number of hydrogen-bond donors (Lipinski definition) is 1. The highest BCUT2D eigenvalue weighted by atomic mass is 16.5. The number of carbonyl (C=O) groups excluding carboxylic acids is 1. The van der Waals surface area contributed by atoms with Crippen LogP contribution in [-0.2, 0) is 4.74 Å². The first-order valence-corrected chi connectivity index (χ1v) is 7.39. The number of hydrogen-bond acceptors (Lipinski definition) is 5. The summed E-state index contributed by atoms with van der Waals surface area (Å²) in [5.74, 6) is 0.432. The highest BCUT2D eigenvalue weighted by Crippen LogP contribution is 2.08. The van der Waals surface area contributed by atoms with E-state index in [0.717, 1.165) is 32.8 Å². The molecule has 0 spiro atoms. The van der Waals surface area contributed by atoms with Gasteiger partial charge in [-0.3, -0.25) is 9.69 Å². The van der Waals surface area contributed by atoms with Crippen molar-refractivity contribution in [2.75, 3.05) is 39.5 Å². The minimum Gasteiger partial charge on any atom is -0.478 e. The van der Waals surface area contributed by atoms with Gasteiger partial charge in [0.05, 0.1) is 25.4 Å². The van der Waals surface area contributed by atoms with Crippen molar-refractivity contribution in [3.8, 4) is 5.88 Å². The van der Waals surface area contributed by atoms with Gasteiger partial charge in [0, 0.05) is 37.9 Å². The van der Waals surface area contributed by atoms with Crippen LogP contribution in [0.4, 0.5) is 0 Å². The van der Waals surface area contributed by atoms with Crippen LogP contribution >= 0.6 is 0 Å². The molecule has 21 heavy (non-hydrogen) atoms. The fraction of sp³-hybridized carbons (Fsp3) is 0.600. The highest BCUT2D eigenvalue weighted by Gasteiger charge is 2.16. The molecule has 1 aromatic heterocycles. The van der Waals surface area contributed by atoms with E-state index in [2.05, 4.69) is 15.2 Å². The number of carbonyl (C=O) groups is 1. The van der Waals surface area contributed by atoms with Crippen LogP contribution in [0.1, 0.15) is 24.2 Å². The second-order valence-corrected chi connectivity index (χ2v) is 5.11. The monoisotopic (exact) mass is 293 g/mol. The quantitative estimate of drug-likeness (QED) is 0.845. The lowest BCUT2D eigenvalue weighted by atomic mass is 10.2. The number of morpholine rings is 1. The largest absolute Gasteiger partial charge is 0.478 e. The lowest BCUT2D eigenvalue weighted by Gasteiger charge is -2.29. The maximum Gasteiger partial charge on any atom is 0.253 e. The third-order valence-electron chi connectivity index (χ3n) is 3.30. The Hall–Kier alpha value is -1.66. The van der Waals surface area contributed by atoms with Gasteiger partial charge in [-0.05, 0) is 19.9 Å². The fourth-order valence-corrected chi connectivity index (χ4v) is 2.27. The molecule has 1 aromatic rings. The van der Waals surface area contributed by atoms with Crippen LogP contribution in [-0.4, -0.2) is 61.3 Å². The summed E-state index contributed by atoms with van der Waals surface area (Å²) >= 11 is 0. The fourth-order valence-electron chi connectivity index (χ4n) is 2.27. The number of nitrogens with zero attached hydrogens (tertiary/aromatic N) is 2. The minimum atomic E-state index is -0.105. The first-order chi connectivity index (χ1) is 10.2. The molecule has 1 aliphatic heterocycles. The van der Waals surface area contributed by atoms with E-state index < -0.39 is 0 Å². The average Bonchev–Trinajstić information content (AvgIpc) is 2.49. The van der Waals surface area contributed by atoms with Gasteiger partial charge in [-0.15, -0.1) is 0 Å². The van der Waals surface area contributed by atoms with Gasteiger partial charge in [-0.25, -0.2) is 4.98 Å². The summed E-state index contributed by atoms with van der Waals surface area (Å²) in [4.78, 5) is 18.5. The lowest BCUT2D eigenvalue weighted by Crippen LogP contribution is -2.46. The summed E-state index contributed by atoms with van der Waals surface area (Å²) < 4.78 is 10.6. The number of nitrogens with one attached hydrogen (secondary N) is 1. The summed E-state index contributed by atoms with van der Waals surface area (Å²) in [7, 11) is 0. The van der Waals surface area contributed by atoms with Crippen molar-refractivity contribution < 1.29 is 14.3 Å². The predicted molar refractivity (Wildman–Crippen MR) is 79.6 cm³/mol. The highest BCUT2D eigenvalue weighted by molar-refractivity contribution is 5.94. The van der Waals surface area contributed by atoms with Crippen LogP contribution in [0.15, 0.2) is 18.3 Å². The van der Waals surface area contributed by atoms with Gasteiger partial charge in [0.1, 0.15) is 0 Å². The van der Waals surface area contributed by atoms with Crippen molar-refractivity contribution in [2.45, 2.75) is 19.9 Å². The van der Waals surface area contributed by atoms with Gasteiger partial charge in [0.2, 0.25) is 5.88 Å². The number of ether oxygens (including phenoxy) is 2. The molecule has 2 heterocycles. The average molecular weight is 293 g/mol. The summed E-state index contributed by atoms with van der Waals surface area (Å²) in [6, 6.07) is 3.53. The van der Waals surface area contributed by atoms with Crippen LogP contribution in [0.5, 0.6) is 5.88 Å². The molecular formula is C15H23N3O3. The molecule has 0 radical (unpaired) electrons. The molecule has 6 heteroatoms. The van der Waals surface area contributed by atoms with Crippen LogP contribution in [0.3, 0.4) is 0 Å². The topological polar surface area (TPSA) is 63.7 Å². The van der Waals surface area contributed by atoms with E-state index >= 15 is 0 Å². The Labute approximate surface area is 125 Å². The smallest absolute Gasteiger partial charge is 0.253 e. The molecule has 1 atom stereocenters. The Morgan fingerprint density at radius 2 is 2.24 bits per heavy atom. The lowest BCUT2D eigenvalue weighted by molar-refractivity contribution is 0.0342. The molecule has 116 valence electrons. The van der Waals surface area contributed by atoms with E-state index in [1.54, 1.807) is 18.3 Å². The zero-order valence-electron chi connectivity index (χ0n) is 12.7. The molecule has 0 bridgehead atoms. The van der Waals surface area contributed by atoms with Gasteiger partial charge < -0.3 is 14.8 Å². The summed E-state index contributed by atoms with van der Waals surface area (Å²) in [5.41, 5.74) is 0.548. The summed E-state index contributed by atoms with van der Waals surface area (Å²) in [5, 5.41) is 2.99. The second-order valence-electron chi connectivity index (χ2n) is 5.11. The van der Waals surface area contributed by atoms with Gasteiger partial charge in [0.25, 0.3) is 5.91 Å². The molecule has 1 amide bonds. The normalized spacial score (nSPS) is 17.2. The summed E-state index contributed by atoms with van der Waals surface area (Å²) in [6.45, 7) is 8.68. The van der Waals surface area contributed by atoms with Gasteiger partial charge in [-0.1, -0.05) is 0 Å². The number of aromatic nitrogens is 1. The molecule has 1 saturated heterocycles. The van der Waals surface area contributed by atoms with E-state index in [1.165, 1.54) is 0 Å². The Morgan fingerprint density at radius 3 is 2.86 bits per heavy atom. The standard InChI is InChI=1S/C15H23N3O3/c1-3-21-14-5-4-13(10-16-14)15(19)17-12(2)11-18-6-8-20-9-7-18/h4-5,10,12H,3,6-9,11H2,1-2H3,(H,17,19)/t12-/m1/s1. The molecular weight excluding hydrogens is 270 g/mol. The van der Waals surface area contributed by atoms with E-state index in [1.807, 2.05) is 13.8 Å². The number of amides is 1. The molecule has 6 nitrogen and oxygen atoms in total. The van der Waals surface area contributed by atoms with E-state index in [-0.39, 0.29) is 11.9 Å². The van der Waals surface area contributed by atoms with Crippen LogP contribution < -0.4 is 10.1 Å². The zero-order valence-corrected chi connectivity index (χ0v) is 12.7. The Morgan fingerprint density at radius 1 is 1.48 bits per heavy atom. The molecule has 1 N–H and O–H groups in total. The van der Waals surface area contributed by atoms with Crippen molar-refractivity contribution in [3.63, 3.8) is 0 Å². The minimum absolute atomic E-state index is 0.0853. The summed E-state index contributed by atoms with van der Waals surface area (Å²) in [6.07, 6.45) is 1.54. The predicted octanol–water partition coefficient (Wildman–Crippen LogP) is 0.931. The van der Waals surface area contributed by atoms with E-state index in [9.17, 15) is 4.79 Å². The third kappa shape index (κ3) is 4.99.